The van der Waals surface area contributed by atoms with Gasteiger partial charge in [0.15, 0.2) is 0 Å². The normalized spacial score (nSPS) is 17.3. The minimum Gasteiger partial charge on any atom is -0.385 e. The van der Waals surface area contributed by atoms with Crippen LogP contribution in [0.25, 0.3) is 0 Å². The summed E-state index contributed by atoms with van der Waals surface area (Å²) < 4.78 is 62.6. The van der Waals surface area contributed by atoms with Gasteiger partial charge in [-0.05, 0) is 81.5 Å². The Balaban J connectivity index is 1.56. The highest BCUT2D eigenvalue weighted by Gasteiger charge is 2.45. The third kappa shape index (κ3) is 6.65. The molecule has 0 spiro atoms. The molecular weight excluding hydrogens is 548 g/mol. The van der Waals surface area contributed by atoms with Crippen molar-refractivity contribution in [1.29, 1.82) is 0 Å². The molecule has 0 unspecified atom stereocenters. The largest absolute Gasteiger partial charge is 0.385 e. The number of aryl methyl sites for hydroxylation is 2. The Morgan fingerprint density at radius 1 is 0.684 bits per heavy atom. The molecule has 0 atom stereocenters. The Morgan fingerprint density at radius 2 is 1.08 bits per heavy atom. The molecule has 0 bridgehead atoms. The van der Waals surface area contributed by atoms with Crippen molar-refractivity contribution in [2.75, 3.05) is 13.2 Å². The molecule has 0 saturated heterocycles. The second kappa shape index (κ2) is 11.1. The van der Waals surface area contributed by atoms with Crippen molar-refractivity contribution in [3.05, 3.63) is 94.5 Å². The van der Waals surface area contributed by atoms with Crippen molar-refractivity contribution in [3.8, 4) is 0 Å². The number of hydrogen-bond donors (Lipinski definition) is 1. The lowest BCUT2D eigenvalue weighted by molar-refractivity contribution is -0.0622. The van der Waals surface area contributed by atoms with Gasteiger partial charge in [-0.3, -0.25) is 8.37 Å². The van der Waals surface area contributed by atoms with E-state index in [1.54, 1.807) is 48.5 Å². The van der Waals surface area contributed by atoms with E-state index in [0.717, 1.165) is 11.1 Å². The fourth-order valence-corrected chi connectivity index (χ4v) is 6.67. The molecule has 1 saturated carbocycles. The predicted molar refractivity (Wildman–Crippen MR) is 145 cm³/mol. The van der Waals surface area contributed by atoms with Crippen molar-refractivity contribution in [3.63, 3.8) is 0 Å². The van der Waals surface area contributed by atoms with Gasteiger partial charge < -0.3 is 5.11 Å². The van der Waals surface area contributed by atoms with Gasteiger partial charge in [-0.25, -0.2) is 0 Å². The summed E-state index contributed by atoms with van der Waals surface area (Å²) in [6, 6.07) is 19.5. The summed E-state index contributed by atoms with van der Waals surface area (Å²) in [7, 11) is -8.19. The van der Waals surface area contributed by atoms with E-state index in [4.69, 9.17) is 20.0 Å². The summed E-state index contributed by atoms with van der Waals surface area (Å²) in [5, 5.41) is 11.9. The van der Waals surface area contributed by atoms with Crippen molar-refractivity contribution in [2.45, 2.75) is 54.9 Å². The summed E-state index contributed by atoms with van der Waals surface area (Å²) in [6.45, 7) is 3.12. The SMILES string of the molecule is Cc1ccc(S(=O)(=O)OCC2(COS(=O)(=O)c3ccc(C)cc3)CCC(O)(c3ccc(Cl)cc3)CC2)cc1. The van der Waals surface area contributed by atoms with Gasteiger partial charge in [0, 0.05) is 10.4 Å². The topological polar surface area (TPSA) is 107 Å². The molecule has 1 aliphatic rings. The van der Waals surface area contributed by atoms with Gasteiger partial charge in [-0.15, -0.1) is 0 Å². The van der Waals surface area contributed by atoms with E-state index >= 15 is 0 Å². The van der Waals surface area contributed by atoms with Gasteiger partial charge in [0.1, 0.15) is 0 Å². The summed E-state index contributed by atoms with van der Waals surface area (Å²) in [5.74, 6) is 0. The van der Waals surface area contributed by atoms with Crippen molar-refractivity contribution < 1.29 is 30.3 Å². The quantitative estimate of drug-likeness (QED) is 0.333. The fourth-order valence-electron chi connectivity index (χ4n) is 4.52. The number of aliphatic hydroxyl groups is 1. The lowest BCUT2D eigenvalue weighted by atomic mass is 9.67. The molecule has 0 radical (unpaired) electrons. The number of halogens is 1. The molecule has 1 aliphatic carbocycles. The molecule has 38 heavy (non-hydrogen) atoms. The van der Waals surface area contributed by atoms with E-state index in [0.29, 0.717) is 10.6 Å². The summed E-state index contributed by atoms with van der Waals surface area (Å²) >= 11 is 6.00. The maximum atomic E-state index is 12.9. The smallest absolute Gasteiger partial charge is 0.296 e. The van der Waals surface area contributed by atoms with Gasteiger partial charge >= 0.3 is 0 Å². The maximum Gasteiger partial charge on any atom is 0.296 e. The van der Waals surface area contributed by atoms with Crippen LogP contribution in [0.3, 0.4) is 0 Å². The molecule has 0 amide bonds. The van der Waals surface area contributed by atoms with Gasteiger partial charge in [0.2, 0.25) is 0 Å². The van der Waals surface area contributed by atoms with E-state index in [9.17, 15) is 21.9 Å². The second-order valence-corrected chi connectivity index (χ2v) is 13.8. The minimum atomic E-state index is -4.09. The zero-order valence-electron chi connectivity index (χ0n) is 21.3. The van der Waals surface area contributed by atoms with Crippen LogP contribution in [0, 0.1) is 19.3 Å². The highest BCUT2D eigenvalue weighted by atomic mass is 35.5. The monoisotopic (exact) mass is 578 g/mol. The molecule has 3 aromatic rings. The van der Waals surface area contributed by atoms with E-state index in [2.05, 4.69) is 0 Å². The molecule has 0 aromatic heterocycles. The Hall–Kier alpha value is -2.27. The van der Waals surface area contributed by atoms with E-state index in [-0.39, 0.29) is 48.7 Å². The molecule has 7 nitrogen and oxygen atoms in total. The first-order valence-electron chi connectivity index (χ1n) is 12.2. The van der Waals surface area contributed by atoms with Crippen molar-refractivity contribution in [2.24, 2.45) is 5.41 Å². The average molecular weight is 579 g/mol. The Morgan fingerprint density at radius 3 is 1.47 bits per heavy atom. The first-order valence-corrected chi connectivity index (χ1v) is 15.4. The Kier molecular flexibility index (Phi) is 8.37. The molecule has 204 valence electrons. The van der Waals surface area contributed by atoms with Crippen LogP contribution in [0.5, 0.6) is 0 Å². The molecule has 10 heteroatoms. The van der Waals surface area contributed by atoms with Crippen LogP contribution in [0.15, 0.2) is 82.6 Å². The summed E-state index contributed by atoms with van der Waals surface area (Å²) in [6.07, 6.45) is 1.07. The van der Waals surface area contributed by atoms with Gasteiger partial charge in [0.05, 0.1) is 28.6 Å². The molecule has 1 N–H and O–H groups in total. The van der Waals surface area contributed by atoms with Crippen molar-refractivity contribution >= 4 is 31.8 Å². The van der Waals surface area contributed by atoms with Crippen LogP contribution in [0.2, 0.25) is 5.02 Å². The molecule has 3 aromatic carbocycles. The second-order valence-electron chi connectivity index (χ2n) is 10.1. The number of hydrogen-bond acceptors (Lipinski definition) is 7. The van der Waals surface area contributed by atoms with Crippen molar-refractivity contribution in [1.82, 2.24) is 0 Å². The summed E-state index contributed by atoms with van der Waals surface area (Å²) in [4.78, 5) is 0.0276. The maximum absolute atomic E-state index is 12.9. The van der Waals surface area contributed by atoms with Crippen LogP contribution in [-0.2, 0) is 34.2 Å². The van der Waals surface area contributed by atoms with Crippen LogP contribution in [-0.4, -0.2) is 35.2 Å². The third-order valence-corrected chi connectivity index (χ3v) is 9.99. The van der Waals surface area contributed by atoms with E-state index in [1.807, 2.05) is 13.8 Å². The molecule has 1 fully saturated rings. The van der Waals surface area contributed by atoms with Gasteiger partial charge in [-0.1, -0.05) is 59.1 Å². The van der Waals surface area contributed by atoms with Crippen LogP contribution in [0.1, 0.15) is 42.4 Å². The molecule has 0 heterocycles. The Labute approximate surface area is 229 Å². The Bertz CT molecular complexity index is 1380. The lowest BCUT2D eigenvalue weighted by Crippen LogP contribution is -2.43. The fraction of sp³-hybridized carbons (Fsp3) is 0.357. The lowest BCUT2D eigenvalue weighted by Gasteiger charge is -2.43. The summed E-state index contributed by atoms with van der Waals surface area (Å²) in [5.41, 5.74) is 0.373. The first kappa shape index (κ1) is 28.7. The first-order chi connectivity index (χ1) is 17.8. The number of benzene rings is 3. The third-order valence-electron chi connectivity index (χ3n) is 7.18. The molecule has 0 aliphatic heterocycles. The van der Waals surface area contributed by atoms with Crippen LogP contribution < -0.4 is 0 Å². The zero-order valence-corrected chi connectivity index (χ0v) is 23.7. The highest BCUT2D eigenvalue weighted by molar-refractivity contribution is 7.87. The van der Waals surface area contributed by atoms with Crippen LogP contribution in [0.4, 0.5) is 0 Å². The minimum absolute atomic E-state index is 0.0138. The molecule has 4 rings (SSSR count). The highest BCUT2D eigenvalue weighted by Crippen LogP contribution is 2.47. The van der Waals surface area contributed by atoms with Gasteiger partial charge in [0.25, 0.3) is 20.2 Å². The van der Waals surface area contributed by atoms with Crippen LogP contribution >= 0.6 is 11.6 Å². The number of rotatable bonds is 9. The van der Waals surface area contributed by atoms with Gasteiger partial charge in [-0.2, -0.15) is 16.8 Å². The average Bonchev–Trinajstić information content (AvgIpc) is 2.89. The predicted octanol–water partition coefficient (Wildman–Crippen LogP) is 5.52. The molecular formula is C28H31ClO7S2. The van der Waals surface area contributed by atoms with E-state index in [1.165, 1.54) is 24.3 Å². The standard InChI is InChI=1S/C28H31ClO7S2/c1-21-3-11-25(12-4-21)37(31,32)35-19-27(20-36-38(33,34)26-13-5-22(2)6-14-26)15-17-28(30,18-16-27)23-7-9-24(29)10-8-23/h3-14,30H,15-20H2,1-2H3. The zero-order chi connectivity index (χ0) is 27.6. The van der Waals surface area contributed by atoms with E-state index < -0.39 is 31.3 Å².